The summed E-state index contributed by atoms with van der Waals surface area (Å²) in [5.74, 6) is 1.08. The number of piperazine rings is 1. The van der Waals surface area contributed by atoms with Gasteiger partial charge in [-0.2, -0.15) is 0 Å². The first-order valence-electron chi connectivity index (χ1n) is 9.95. The number of halogens is 1. The summed E-state index contributed by atoms with van der Waals surface area (Å²) in [5, 5.41) is 0.675. The first-order chi connectivity index (χ1) is 12.6. The Balaban J connectivity index is 1.23. The molecule has 3 fully saturated rings. The van der Waals surface area contributed by atoms with Gasteiger partial charge >= 0.3 is 5.97 Å². The second-order valence-corrected chi connectivity index (χ2v) is 8.46. The molecule has 3 aliphatic rings. The second kappa shape index (κ2) is 7.73. The SMILES string of the molecule is O=C1O[C@H](CCN2CCN(c3ccc(Cl)cn3)CC2)CC12CCCCC2. The zero-order chi connectivity index (χ0) is 18.0. The molecule has 0 radical (unpaired) electrons. The Morgan fingerprint density at radius 3 is 2.62 bits per heavy atom. The number of pyridine rings is 1. The third-order valence-corrected chi connectivity index (χ3v) is 6.53. The van der Waals surface area contributed by atoms with E-state index >= 15 is 0 Å². The molecule has 3 heterocycles. The average Bonchev–Trinajstić information content (AvgIpc) is 2.97. The molecule has 1 saturated carbocycles. The lowest BCUT2D eigenvalue weighted by Crippen LogP contribution is -2.47. The molecular weight excluding hydrogens is 350 g/mol. The van der Waals surface area contributed by atoms with Crippen molar-refractivity contribution in [2.24, 2.45) is 5.41 Å². The molecule has 1 aromatic rings. The lowest BCUT2D eigenvalue weighted by molar-refractivity contribution is -0.150. The van der Waals surface area contributed by atoms with E-state index in [1.54, 1.807) is 6.20 Å². The summed E-state index contributed by atoms with van der Waals surface area (Å²) in [6.45, 7) is 5.01. The van der Waals surface area contributed by atoms with E-state index in [1.807, 2.05) is 12.1 Å². The van der Waals surface area contributed by atoms with E-state index < -0.39 is 0 Å². The summed E-state index contributed by atoms with van der Waals surface area (Å²) in [6, 6.07) is 3.88. The number of anilines is 1. The minimum atomic E-state index is -0.137. The average molecular weight is 378 g/mol. The molecule has 4 rings (SSSR count). The van der Waals surface area contributed by atoms with Gasteiger partial charge in [0.15, 0.2) is 0 Å². The lowest BCUT2D eigenvalue weighted by Gasteiger charge is -2.35. The molecule has 142 valence electrons. The van der Waals surface area contributed by atoms with Gasteiger partial charge in [0, 0.05) is 45.3 Å². The normalized spacial score (nSPS) is 26.3. The second-order valence-electron chi connectivity index (χ2n) is 8.02. The predicted octanol–water partition coefficient (Wildman–Crippen LogP) is 3.51. The third-order valence-electron chi connectivity index (χ3n) is 6.31. The number of rotatable bonds is 4. The van der Waals surface area contributed by atoms with Crippen molar-refractivity contribution < 1.29 is 9.53 Å². The zero-order valence-corrected chi connectivity index (χ0v) is 16.1. The van der Waals surface area contributed by atoms with E-state index in [0.29, 0.717) is 5.02 Å². The minimum Gasteiger partial charge on any atom is -0.462 e. The van der Waals surface area contributed by atoms with Gasteiger partial charge in [0.1, 0.15) is 11.9 Å². The van der Waals surface area contributed by atoms with Crippen molar-refractivity contribution in [1.29, 1.82) is 0 Å². The highest BCUT2D eigenvalue weighted by Gasteiger charge is 2.48. The van der Waals surface area contributed by atoms with E-state index in [-0.39, 0.29) is 17.5 Å². The Bertz CT molecular complexity index is 622. The first kappa shape index (κ1) is 18.1. The summed E-state index contributed by atoms with van der Waals surface area (Å²) in [6.07, 6.45) is 9.45. The maximum atomic E-state index is 12.4. The van der Waals surface area contributed by atoms with Crippen LogP contribution in [0.25, 0.3) is 0 Å². The minimum absolute atomic E-state index is 0.0841. The van der Waals surface area contributed by atoms with Gasteiger partial charge in [-0.05, 0) is 31.4 Å². The first-order valence-corrected chi connectivity index (χ1v) is 10.3. The zero-order valence-electron chi connectivity index (χ0n) is 15.3. The maximum absolute atomic E-state index is 12.4. The summed E-state index contributed by atoms with van der Waals surface area (Å²) < 4.78 is 5.75. The van der Waals surface area contributed by atoms with Crippen molar-refractivity contribution in [3.63, 3.8) is 0 Å². The van der Waals surface area contributed by atoms with Crippen LogP contribution in [0.15, 0.2) is 18.3 Å². The third kappa shape index (κ3) is 3.84. The van der Waals surface area contributed by atoms with E-state index in [1.165, 1.54) is 19.3 Å². The van der Waals surface area contributed by atoms with Crippen LogP contribution >= 0.6 is 11.6 Å². The number of nitrogens with zero attached hydrogens (tertiary/aromatic N) is 3. The largest absolute Gasteiger partial charge is 0.462 e. The highest BCUT2D eigenvalue weighted by molar-refractivity contribution is 6.30. The number of carbonyl (C=O) groups is 1. The molecule has 0 unspecified atom stereocenters. The molecule has 0 N–H and O–H groups in total. The van der Waals surface area contributed by atoms with Gasteiger partial charge in [-0.1, -0.05) is 30.9 Å². The van der Waals surface area contributed by atoms with Gasteiger partial charge in [-0.25, -0.2) is 4.98 Å². The van der Waals surface area contributed by atoms with Crippen LogP contribution in [-0.4, -0.2) is 54.7 Å². The summed E-state index contributed by atoms with van der Waals surface area (Å²) in [4.78, 5) is 21.6. The predicted molar refractivity (Wildman–Crippen MR) is 103 cm³/mol. The van der Waals surface area contributed by atoms with Crippen LogP contribution in [0.1, 0.15) is 44.9 Å². The fourth-order valence-corrected chi connectivity index (χ4v) is 4.83. The standard InChI is InChI=1S/C20H28ClN3O2/c21-16-4-5-18(22-15-16)24-12-10-23(11-13-24)9-6-17-14-20(19(25)26-17)7-2-1-3-8-20/h4-5,15,17H,1-3,6-14H2/t17-/m1/s1. The molecule has 2 aliphatic heterocycles. The van der Waals surface area contributed by atoms with Crippen LogP contribution in [-0.2, 0) is 9.53 Å². The molecule has 5 nitrogen and oxygen atoms in total. The molecule has 1 spiro atoms. The van der Waals surface area contributed by atoms with Crippen LogP contribution in [0, 0.1) is 5.41 Å². The van der Waals surface area contributed by atoms with E-state index in [0.717, 1.165) is 64.2 Å². The van der Waals surface area contributed by atoms with Crippen molar-refractivity contribution in [2.45, 2.75) is 51.0 Å². The van der Waals surface area contributed by atoms with Crippen molar-refractivity contribution >= 4 is 23.4 Å². The van der Waals surface area contributed by atoms with Crippen molar-refractivity contribution in [3.8, 4) is 0 Å². The number of esters is 1. The van der Waals surface area contributed by atoms with Gasteiger partial charge in [0.2, 0.25) is 0 Å². The van der Waals surface area contributed by atoms with Gasteiger partial charge in [0.05, 0.1) is 10.4 Å². The molecule has 1 aromatic heterocycles. The summed E-state index contributed by atoms with van der Waals surface area (Å²) >= 11 is 5.92. The Kier molecular flexibility index (Phi) is 5.37. The topological polar surface area (TPSA) is 45.7 Å². The van der Waals surface area contributed by atoms with Crippen molar-refractivity contribution in [2.75, 3.05) is 37.6 Å². The molecule has 0 aromatic carbocycles. The molecule has 2 saturated heterocycles. The molecule has 0 amide bonds. The van der Waals surface area contributed by atoms with E-state index in [4.69, 9.17) is 16.3 Å². The molecule has 6 heteroatoms. The quantitative estimate of drug-likeness (QED) is 0.751. The van der Waals surface area contributed by atoms with Crippen molar-refractivity contribution in [1.82, 2.24) is 9.88 Å². The Labute approximate surface area is 160 Å². The fraction of sp³-hybridized carbons (Fsp3) is 0.700. The summed E-state index contributed by atoms with van der Waals surface area (Å²) in [5.41, 5.74) is -0.137. The number of hydrogen-bond acceptors (Lipinski definition) is 5. The molecule has 1 aliphatic carbocycles. The number of ether oxygens (including phenoxy) is 1. The van der Waals surface area contributed by atoms with Crippen LogP contribution in [0.2, 0.25) is 5.02 Å². The number of carbonyl (C=O) groups excluding carboxylic acids is 1. The van der Waals surface area contributed by atoms with Crippen LogP contribution in [0.4, 0.5) is 5.82 Å². The van der Waals surface area contributed by atoms with Gasteiger partial charge < -0.3 is 9.64 Å². The number of aromatic nitrogens is 1. The van der Waals surface area contributed by atoms with Crippen LogP contribution < -0.4 is 4.90 Å². The van der Waals surface area contributed by atoms with Crippen LogP contribution in [0.5, 0.6) is 0 Å². The lowest BCUT2D eigenvalue weighted by atomic mass is 9.72. The fourth-order valence-electron chi connectivity index (χ4n) is 4.72. The number of cyclic esters (lactones) is 1. The van der Waals surface area contributed by atoms with Crippen molar-refractivity contribution in [3.05, 3.63) is 23.4 Å². The highest BCUT2D eigenvalue weighted by atomic mass is 35.5. The molecule has 1 atom stereocenters. The van der Waals surface area contributed by atoms with Gasteiger partial charge in [-0.15, -0.1) is 0 Å². The van der Waals surface area contributed by atoms with Gasteiger partial charge in [-0.3, -0.25) is 9.69 Å². The summed E-state index contributed by atoms with van der Waals surface area (Å²) in [7, 11) is 0. The molecule has 0 bridgehead atoms. The van der Waals surface area contributed by atoms with Crippen LogP contribution in [0.3, 0.4) is 0 Å². The Hall–Kier alpha value is -1.33. The van der Waals surface area contributed by atoms with Gasteiger partial charge in [0.25, 0.3) is 0 Å². The highest BCUT2D eigenvalue weighted by Crippen LogP contribution is 2.46. The molecular formula is C20H28ClN3O2. The monoisotopic (exact) mass is 377 g/mol. The number of hydrogen-bond donors (Lipinski definition) is 0. The maximum Gasteiger partial charge on any atom is 0.312 e. The van der Waals surface area contributed by atoms with E-state index in [9.17, 15) is 4.79 Å². The smallest absolute Gasteiger partial charge is 0.312 e. The Morgan fingerprint density at radius 1 is 1.15 bits per heavy atom. The van der Waals surface area contributed by atoms with E-state index in [2.05, 4.69) is 14.8 Å². The Morgan fingerprint density at radius 2 is 1.92 bits per heavy atom. The molecule has 26 heavy (non-hydrogen) atoms.